The van der Waals surface area contributed by atoms with Crippen LogP contribution in [0.5, 0.6) is 0 Å². The highest BCUT2D eigenvalue weighted by Crippen LogP contribution is 2.38. The van der Waals surface area contributed by atoms with Crippen molar-refractivity contribution in [3.05, 3.63) is 155 Å². The van der Waals surface area contributed by atoms with Gasteiger partial charge in [0.05, 0.1) is 11.4 Å². The number of halogens is 2. The molecule has 2 nitrogen and oxygen atoms in total. The van der Waals surface area contributed by atoms with Crippen molar-refractivity contribution in [3.8, 4) is 39.6 Å². The Morgan fingerprint density at radius 2 is 0.974 bits per heavy atom. The second-order valence-corrected chi connectivity index (χ2v) is 10.1. The number of aromatic nitrogens is 2. The van der Waals surface area contributed by atoms with Crippen LogP contribution in [-0.2, 0) is 0 Å². The van der Waals surface area contributed by atoms with Crippen LogP contribution in [0.4, 0.5) is 0 Å². The van der Waals surface area contributed by atoms with Crippen LogP contribution in [0.1, 0.15) is 11.1 Å². The Hall–Kier alpha value is -4.37. The molecule has 0 fully saturated rings. The fourth-order valence-corrected chi connectivity index (χ4v) is 4.88. The molecular formula is C35H24Cl2N2. The molecule has 0 saturated carbocycles. The van der Waals surface area contributed by atoms with E-state index < -0.39 is 0 Å². The summed E-state index contributed by atoms with van der Waals surface area (Å²) >= 11 is 12.3. The summed E-state index contributed by atoms with van der Waals surface area (Å²) in [6, 6.07) is 45.0. The quantitative estimate of drug-likeness (QED) is 0.191. The zero-order valence-corrected chi connectivity index (χ0v) is 22.5. The van der Waals surface area contributed by atoms with Crippen LogP contribution in [0, 0.1) is 0 Å². The predicted octanol–water partition coefficient (Wildman–Crippen LogP) is 10.4. The van der Waals surface area contributed by atoms with E-state index in [4.69, 9.17) is 28.2 Å². The third-order valence-electron chi connectivity index (χ3n) is 6.56. The summed E-state index contributed by atoms with van der Waals surface area (Å²) in [5.74, 6) is 0.864. The molecule has 0 aliphatic carbocycles. The molecule has 0 amide bonds. The zero-order chi connectivity index (χ0) is 26.6. The summed E-state index contributed by atoms with van der Waals surface area (Å²) in [6.45, 7) is 0. The van der Waals surface area contributed by atoms with Crippen LogP contribution in [0.2, 0.25) is 10.0 Å². The maximum Gasteiger partial charge on any atom is 0.145 e. The van der Waals surface area contributed by atoms with E-state index in [1.165, 1.54) is 0 Å². The molecule has 0 spiro atoms. The van der Waals surface area contributed by atoms with Crippen LogP contribution in [0.25, 0.3) is 51.7 Å². The first-order chi connectivity index (χ1) is 19.2. The Labute approximate surface area is 238 Å². The smallest absolute Gasteiger partial charge is 0.145 e. The van der Waals surface area contributed by atoms with Crippen LogP contribution >= 0.6 is 23.2 Å². The average Bonchev–Trinajstić information content (AvgIpc) is 3.39. The van der Waals surface area contributed by atoms with E-state index in [1.54, 1.807) is 0 Å². The zero-order valence-electron chi connectivity index (χ0n) is 21.0. The Bertz CT molecular complexity index is 1720. The largest absolute Gasteiger partial charge is 0.292 e. The van der Waals surface area contributed by atoms with Crippen molar-refractivity contribution in [2.45, 2.75) is 0 Å². The van der Waals surface area contributed by atoms with E-state index in [0.29, 0.717) is 5.02 Å². The van der Waals surface area contributed by atoms with Crippen LogP contribution < -0.4 is 0 Å². The molecule has 0 bridgehead atoms. The molecule has 4 heteroatoms. The first kappa shape index (κ1) is 24.9. The first-order valence-corrected chi connectivity index (χ1v) is 13.4. The molecule has 0 atom stereocenters. The van der Waals surface area contributed by atoms with Gasteiger partial charge in [-0.1, -0.05) is 132 Å². The van der Waals surface area contributed by atoms with Gasteiger partial charge in [0.1, 0.15) is 5.82 Å². The lowest BCUT2D eigenvalue weighted by molar-refractivity contribution is 1.07. The average molecular weight is 543 g/mol. The first-order valence-electron chi connectivity index (χ1n) is 12.7. The van der Waals surface area contributed by atoms with E-state index in [1.807, 2.05) is 72.8 Å². The van der Waals surface area contributed by atoms with Crippen molar-refractivity contribution in [2.75, 3.05) is 0 Å². The van der Waals surface area contributed by atoms with Gasteiger partial charge in [-0.3, -0.25) is 4.57 Å². The van der Waals surface area contributed by atoms with Gasteiger partial charge in [0.15, 0.2) is 0 Å². The minimum Gasteiger partial charge on any atom is -0.292 e. The molecule has 6 rings (SSSR count). The second-order valence-electron chi connectivity index (χ2n) is 9.18. The lowest BCUT2D eigenvalue weighted by Crippen LogP contribution is -2.00. The highest BCUT2D eigenvalue weighted by Gasteiger charge is 2.22. The Morgan fingerprint density at radius 3 is 1.54 bits per heavy atom. The lowest BCUT2D eigenvalue weighted by atomic mass is 10.0. The van der Waals surface area contributed by atoms with Gasteiger partial charge in [0.2, 0.25) is 0 Å². The van der Waals surface area contributed by atoms with Gasteiger partial charge in [-0.2, -0.15) is 0 Å². The number of hydrogen-bond donors (Lipinski definition) is 0. The summed E-state index contributed by atoms with van der Waals surface area (Å²) in [5.41, 5.74) is 8.33. The summed E-state index contributed by atoms with van der Waals surface area (Å²) in [5, 5.41) is 1.43. The number of hydrogen-bond acceptors (Lipinski definition) is 1. The standard InChI is InChI=1S/C35H24Cl2N2/c36-30-19-15-26(16-20-30)12-11-25-13-17-29(18-14-25)35-38-33(27-7-3-1-4-8-27)34(28-9-5-2-6-10-28)39(35)32-23-21-31(37)22-24-32/h1-24H/b12-11+. The maximum absolute atomic E-state index is 6.28. The second kappa shape index (κ2) is 11.2. The maximum atomic E-state index is 6.28. The van der Waals surface area contributed by atoms with Gasteiger partial charge in [-0.15, -0.1) is 0 Å². The van der Waals surface area contributed by atoms with Gasteiger partial charge < -0.3 is 0 Å². The number of nitrogens with zero attached hydrogens (tertiary/aromatic N) is 2. The van der Waals surface area contributed by atoms with Crippen LogP contribution in [-0.4, -0.2) is 9.55 Å². The van der Waals surface area contributed by atoms with E-state index in [2.05, 4.69) is 77.4 Å². The van der Waals surface area contributed by atoms with Crippen molar-refractivity contribution >= 4 is 35.4 Å². The van der Waals surface area contributed by atoms with Gasteiger partial charge in [-0.05, 0) is 47.5 Å². The molecule has 1 heterocycles. The van der Waals surface area contributed by atoms with Crippen molar-refractivity contribution in [2.24, 2.45) is 0 Å². The lowest BCUT2D eigenvalue weighted by Gasteiger charge is -2.14. The third kappa shape index (κ3) is 5.44. The minimum absolute atomic E-state index is 0.696. The van der Waals surface area contributed by atoms with Gasteiger partial charge >= 0.3 is 0 Å². The highest BCUT2D eigenvalue weighted by molar-refractivity contribution is 6.30. The van der Waals surface area contributed by atoms with Crippen LogP contribution in [0.3, 0.4) is 0 Å². The van der Waals surface area contributed by atoms with Crippen LogP contribution in [0.15, 0.2) is 133 Å². The minimum atomic E-state index is 0.696. The molecule has 0 N–H and O–H groups in total. The molecule has 6 aromatic rings. The summed E-state index contributed by atoms with van der Waals surface area (Å²) < 4.78 is 2.23. The van der Waals surface area contributed by atoms with E-state index in [-0.39, 0.29) is 0 Å². The van der Waals surface area contributed by atoms with Gasteiger partial charge in [-0.25, -0.2) is 4.98 Å². The normalized spacial score (nSPS) is 11.2. The Kier molecular flexibility index (Phi) is 7.14. The molecule has 0 radical (unpaired) electrons. The topological polar surface area (TPSA) is 17.8 Å². The predicted molar refractivity (Wildman–Crippen MR) is 165 cm³/mol. The number of imidazole rings is 1. The Balaban J connectivity index is 1.50. The van der Waals surface area contributed by atoms with Crippen molar-refractivity contribution in [3.63, 3.8) is 0 Å². The third-order valence-corrected chi connectivity index (χ3v) is 7.07. The summed E-state index contributed by atoms with van der Waals surface area (Å²) in [4.78, 5) is 5.26. The van der Waals surface area contributed by atoms with Gasteiger partial charge in [0.25, 0.3) is 0 Å². The van der Waals surface area contributed by atoms with Gasteiger partial charge in [0, 0.05) is 32.4 Å². The van der Waals surface area contributed by atoms with E-state index in [0.717, 1.165) is 55.7 Å². The fraction of sp³-hybridized carbons (Fsp3) is 0. The SMILES string of the molecule is Clc1ccc(/C=C/c2ccc(-c3nc(-c4ccccc4)c(-c4ccccc4)n3-c3ccc(Cl)cc3)cc2)cc1. The molecule has 0 unspecified atom stereocenters. The Morgan fingerprint density at radius 1 is 0.487 bits per heavy atom. The molecule has 0 saturated heterocycles. The van der Waals surface area contributed by atoms with E-state index >= 15 is 0 Å². The van der Waals surface area contributed by atoms with Crippen molar-refractivity contribution < 1.29 is 0 Å². The summed E-state index contributed by atoms with van der Waals surface area (Å²) in [7, 11) is 0. The summed E-state index contributed by atoms with van der Waals surface area (Å²) in [6.07, 6.45) is 4.19. The van der Waals surface area contributed by atoms with E-state index in [9.17, 15) is 0 Å². The fourth-order valence-electron chi connectivity index (χ4n) is 4.62. The van der Waals surface area contributed by atoms with Crippen molar-refractivity contribution in [1.29, 1.82) is 0 Å². The van der Waals surface area contributed by atoms with Crippen molar-refractivity contribution in [1.82, 2.24) is 9.55 Å². The molecule has 0 aliphatic heterocycles. The molecule has 1 aromatic heterocycles. The number of rotatable bonds is 6. The molecule has 0 aliphatic rings. The molecular weight excluding hydrogens is 519 g/mol. The number of benzene rings is 5. The molecule has 188 valence electrons. The molecule has 5 aromatic carbocycles. The highest BCUT2D eigenvalue weighted by atomic mass is 35.5. The monoisotopic (exact) mass is 542 g/mol. The molecule has 39 heavy (non-hydrogen) atoms.